The molecule has 2 rings (SSSR count). The van der Waals surface area contributed by atoms with Crippen LogP contribution in [0.25, 0.3) is 10.8 Å². The van der Waals surface area contributed by atoms with Crippen molar-refractivity contribution in [2.24, 2.45) is 0 Å². The van der Waals surface area contributed by atoms with E-state index in [1.807, 2.05) is 13.8 Å². The number of nitro groups is 1. The van der Waals surface area contributed by atoms with E-state index in [9.17, 15) is 20.0 Å². The van der Waals surface area contributed by atoms with Crippen LogP contribution in [-0.2, 0) is 0 Å². The molecule has 0 aromatic heterocycles. The van der Waals surface area contributed by atoms with Crippen LogP contribution in [0.15, 0.2) is 30.3 Å². The molecule has 0 aliphatic carbocycles. The van der Waals surface area contributed by atoms with Gasteiger partial charge in [0.25, 0.3) is 11.6 Å². The molecular formula is C14H16N2O4. The number of hydrogen-bond acceptors (Lipinski definition) is 4. The first-order valence-electron chi connectivity index (χ1n) is 6.16. The summed E-state index contributed by atoms with van der Waals surface area (Å²) in [7, 11) is 1.50. The Balaban J connectivity index is 0.000000956. The van der Waals surface area contributed by atoms with Crippen LogP contribution < -0.4 is 5.32 Å². The van der Waals surface area contributed by atoms with E-state index in [2.05, 4.69) is 5.32 Å². The van der Waals surface area contributed by atoms with Crippen molar-refractivity contribution >= 4 is 22.4 Å². The van der Waals surface area contributed by atoms with Gasteiger partial charge in [0, 0.05) is 24.1 Å². The lowest BCUT2D eigenvalue weighted by Gasteiger charge is -2.04. The van der Waals surface area contributed by atoms with E-state index >= 15 is 0 Å². The Morgan fingerprint density at radius 3 is 2.45 bits per heavy atom. The topological polar surface area (TPSA) is 92.5 Å². The molecule has 6 heteroatoms. The van der Waals surface area contributed by atoms with Gasteiger partial charge in [0.05, 0.1) is 11.0 Å². The smallest absolute Gasteiger partial charge is 0.273 e. The van der Waals surface area contributed by atoms with E-state index in [0.29, 0.717) is 16.3 Å². The van der Waals surface area contributed by atoms with Crippen molar-refractivity contribution in [3.05, 3.63) is 46.0 Å². The zero-order chi connectivity index (χ0) is 15.3. The summed E-state index contributed by atoms with van der Waals surface area (Å²) in [5.74, 6) is -0.467. The molecule has 1 amide bonds. The molecule has 0 atom stereocenters. The number of aromatic hydroxyl groups is 1. The summed E-state index contributed by atoms with van der Waals surface area (Å²) >= 11 is 0. The number of phenols is 1. The standard InChI is InChI=1S/C12H10N2O4.C2H6/c1-13-12(16)7-2-3-10-8(4-7)5-9(14(17)18)6-11(10)15;1-2/h2-6,15H,1H3,(H,13,16);1-2H3. The number of nitro benzene ring substituents is 1. The van der Waals surface area contributed by atoms with Crippen molar-refractivity contribution in [3.8, 4) is 5.75 Å². The van der Waals surface area contributed by atoms with Gasteiger partial charge in [-0.3, -0.25) is 14.9 Å². The molecule has 2 aromatic rings. The van der Waals surface area contributed by atoms with E-state index in [-0.39, 0.29) is 17.3 Å². The maximum absolute atomic E-state index is 11.5. The normalized spacial score (nSPS) is 9.55. The third-order valence-corrected chi connectivity index (χ3v) is 2.62. The molecule has 0 saturated heterocycles. The second kappa shape index (κ2) is 6.51. The molecule has 0 heterocycles. The molecule has 20 heavy (non-hydrogen) atoms. The quantitative estimate of drug-likeness (QED) is 0.651. The fraction of sp³-hybridized carbons (Fsp3) is 0.214. The summed E-state index contributed by atoms with van der Waals surface area (Å²) < 4.78 is 0. The minimum atomic E-state index is -0.592. The first-order valence-corrected chi connectivity index (χ1v) is 6.16. The maximum atomic E-state index is 11.5. The van der Waals surface area contributed by atoms with Crippen molar-refractivity contribution in [1.29, 1.82) is 0 Å². The number of rotatable bonds is 2. The molecular weight excluding hydrogens is 260 g/mol. The zero-order valence-corrected chi connectivity index (χ0v) is 11.5. The SMILES string of the molecule is CC.CNC(=O)c1ccc2c(O)cc([N+](=O)[O-])cc2c1. The molecule has 2 N–H and O–H groups in total. The lowest BCUT2D eigenvalue weighted by Crippen LogP contribution is -2.17. The molecule has 0 bridgehead atoms. The summed E-state index contributed by atoms with van der Waals surface area (Å²) in [6.45, 7) is 4.00. The Labute approximate surface area is 116 Å². The van der Waals surface area contributed by atoms with Crippen molar-refractivity contribution in [3.63, 3.8) is 0 Å². The van der Waals surface area contributed by atoms with E-state index in [1.54, 1.807) is 12.1 Å². The molecule has 2 aromatic carbocycles. The Morgan fingerprint density at radius 1 is 1.25 bits per heavy atom. The van der Waals surface area contributed by atoms with Crippen molar-refractivity contribution in [1.82, 2.24) is 5.32 Å². The predicted octanol–water partition coefficient (Wildman–Crippen LogP) is 2.84. The predicted molar refractivity (Wildman–Crippen MR) is 77.0 cm³/mol. The second-order valence-corrected chi connectivity index (χ2v) is 3.74. The third-order valence-electron chi connectivity index (χ3n) is 2.62. The highest BCUT2D eigenvalue weighted by Crippen LogP contribution is 2.30. The number of non-ortho nitro benzene ring substituents is 1. The van der Waals surface area contributed by atoms with Gasteiger partial charge in [-0.1, -0.05) is 13.8 Å². The van der Waals surface area contributed by atoms with E-state index in [4.69, 9.17) is 0 Å². The molecule has 0 fully saturated rings. The minimum absolute atomic E-state index is 0.178. The van der Waals surface area contributed by atoms with Crippen LogP contribution in [0.5, 0.6) is 5.75 Å². The monoisotopic (exact) mass is 276 g/mol. The largest absolute Gasteiger partial charge is 0.507 e. The summed E-state index contributed by atoms with van der Waals surface area (Å²) in [5.41, 5.74) is 0.166. The van der Waals surface area contributed by atoms with Gasteiger partial charge in [-0.25, -0.2) is 0 Å². The summed E-state index contributed by atoms with van der Waals surface area (Å²) in [4.78, 5) is 21.5. The Hall–Kier alpha value is -2.63. The van der Waals surface area contributed by atoms with Gasteiger partial charge >= 0.3 is 0 Å². The molecule has 0 saturated carbocycles. The lowest BCUT2D eigenvalue weighted by molar-refractivity contribution is -0.384. The molecule has 0 radical (unpaired) electrons. The Kier molecular flexibility index (Phi) is 5.02. The van der Waals surface area contributed by atoms with Gasteiger partial charge in [0.1, 0.15) is 5.75 Å². The van der Waals surface area contributed by atoms with Gasteiger partial charge in [0.2, 0.25) is 0 Å². The van der Waals surface area contributed by atoms with Crippen LogP contribution >= 0.6 is 0 Å². The van der Waals surface area contributed by atoms with Gasteiger partial charge in [-0.2, -0.15) is 0 Å². The molecule has 0 aliphatic heterocycles. The van der Waals surface area contributed by atoms with Crippen LogP contribution in [-0.4, -0.2) is 23.0 Å². The van der Waals surface area contributed by atoms with Crippen molar-refractivity contribution in [2.45, 2.75) is 13.8 Å². The van der Waals surface area contributed by atoms with Gasteiger partial charge in [-0.15, -0.1) is 0 Å². The summed E-state index contributed by atoms with van der Waals surface area (Å²) in [6, 6.07) is 7.01. The number of benzene rings is 2. The summed E-state index contributed by atoms with van der Waals surface area (Å²) in [6.07, 6.45) is 0. The Bertz CT molecular complexity index is 653. The van der Waals surface area contributed by atoms with Crippen LogP contribution in [0.4, 0.5) is 5.69 Å². The van der Waals surface area contributed by atoms with E-state index in [1.165, 1.54) is 19.2 Å². The van der Waals surface area contributed by atoms with Gasteiger partial charge in [-0.05, 0) is 23.6 Å². The van der Waals surface area contributed by atoms with Crippen LogP contribution in [0.3, 0.4) is 0 Å². The molecule has 6 nitrogen and oxygen atoms in total. The third kappa shape index (κ3) is 3.03. The first kappa shape index (κ1) is 15.4. The molecule has 0 spiro atoms. The number of nitrogens with zero attached hydrogens (tertiary/aromatic N) is 1. The van der Waals surface area contributed by atoms with E-state index in [0.717, 1.165) is 6.07 Å². The number of hydrogen-bond donors (Lipinski definition) is 2. The maximum Gasteiger partial charge on any atom is 0.273 e. The summed E-state index contributed by atoms with van der Waals surface area (Å²) in [5, 5.41) is 23.7. The number of carbonyl (C=O) groups excluding carboxylic acids is 1. The van der Waals surface area contributed by atoms with Gasteiger partial charge < -0.3 is 10.4 Å². The molecule has 0 unspecified atom stereocenters. The average molecular weight is 276 g/mol. The molecule has 106 valence electrons. The zero-order valence-electron chi connectivity index (χ0n) is 11.5. The number of nitrogens with one attached hydrogen (secondary N) is 1. The van der Waals surface area contributed by atoms with Crippen LogP contribution in [0.1, 0.15) is 24.2 Å². The minimum Gasteiger partial charge on any atom is -0.507 e. The number of phenolic OH excluding ortho intramolecular Hbond substituents is 1. The first-order chi connectivity index (χ1) is 9.52. The Morgan fingerprint density at radius 2 is 1.90 bits per heavy atom. The average Bonchev–Trinajstić information content (AvgIpc) is 2.47. The van der Waals surface area contributed by atoms with Crippen molar-refractivity contribution in [2.75, 3.05) is 7.05 Å². The number of carbonyl (C=O) groups is 1. The highest BCUT2D eigenvalue weighted by atomic mass is 16.6. The highest BCUT2D eigenvalue weighted by Gasteiger charge is 2.12. The van der Waals surface area contributed by atoms with Crippen LogP contribution in [0, 0.1) is 10.1 Å². The molecule has 0 aliphatic rings. The second-order valence-electron chi connectivity index (χ2n) is 3.74. The number of amides is 1. The number of fused-ring (bicyclic) bond motifs is 1. The lowest BCUT2D eigenvalue weighted by atomic mass is 10.0. The van der Waals surface area contributed by atoms with Crippen molar-refractivity contribution < 1.29 is 14.8 Å². The van der Waals surface area contributed by atoms with Crippen LogP contribution in [0.2, 0.25) is 0 Å². The fourth-order valence-corrected chi connectivity index (χ4v) is 1.73. The van der Waals surface area contributed by atoms with Gasteiger partial charge in [0.15, 0.2) is 0 Å². The fourth-order valence-electron chi connectivity index (χ4n) is 1.73. The highest BCUT2D eigenvalue weighted by molar-refractivity contribution is 6.00. The van der Waals surface area contributed by atoms with E-state index < -0.39 is 4.92 Å².